The average molecular weight is 383 g/mol. The van der Waals surface area contributed by atoms with Crippen LogP contribution in [0.5, 0.6) is 0 Å². The number of amides is 1. The first kappa shape index (κ1) is 20.3. The Morgan fingerprint density at radius 1 is 1.23 bits per heavy atom. The van der Waals surface area contributed by atoms with Gasteiger partial charge < -0.3 is 5.32 Å². The molecule has 2 N–H and O–H groups in total. The van der Waals surface area contributed by atoms with Gasteiger partial charge in [-0.2, -0.15) is 0 Å². The van der Waals surface area contributed by atoms with Crippen molar-refractivity contribution in [3.8, 4) is 0 Å². The van der Waals surface area contributed by atoms with Gasteiger partial charge in [-0.3, -0.25) is 14.9 Å². The predicted molar refractivity (Wildman–Crippen MR) is 97.2 cm³/mol. The van der Waals surface area contributed by atoms with E-state index in [2.05, 4.69) is 10.0 Å². The van der Waals surface area contributed by atoms with Crippen molar-refractivity contribution in [1.29, 1.82) is 0 Å². The van der Waals surface area contributed by atoms with Gasteiger partial charge in [-0.05, 0) is 31.2 Å². The minimum atomic E-state index is -4.03. The van der Waals surface area contributed by atoms with Crippen LogP contribution in [0.2, 0.25) is 0 Å². The molecule has 1 aliphatic rings. The Bertz CT molecular complexity index is 758. The second kappa shape index (κ2) is 9.09. The number of carbonyl (C=O) groups is 1. The Balaban J connectivity index is 1.87. The molecule has 144 valence electrons. The Morgan fingerprint density at radius 2 is 1.92 bits per heavy atom. The highest BCUT2D eigenvalue weighted by atomic mass is 32.2. The first-order chi connectivity index (χ1) is 12.3. The smallest absolute Gasteiger partial charge is 0.289 e. The average Bonchev–Trinajstić information content (AvgIpc) is 2.59. The first-order valence-electron chi connectivity index (χ1n) is 8.81. The molecule has 0 spiro atoms. The largest absolute Gasteiger partial charge is 0.355 e. The molecule has 1 aromatic rings. The number of rotatable bonds is 8. The normalized spacial score (nSPS) is 15.6. The second-order valence-corrected chi connectivity index (χ2v) is 8.34. The van der Waals surface area contributed by atoms with Crippen molar-refractivity contribution < 1.29 is 18.1 Å². The van der Waals surface area contributed by atoms with E-state index in [-0.39, 0.29) is 23.9 Å². The lowest BCUT2D eigenvalue weighted by Crippen LogP contribution is -2.35. The van der Waals surface area contributed by atoms with Crippen LogP contribution >= 0.6 is 0 Å². The number of nitrogens with one attached hydrogen (secondary N) is 2. The van der Waals surface area contributed by atoms with Crippen LogP contribution in [0.25, 0.3) is 0 Å². The minimum Gasteiger partial charge on any atom is -0.355 e. The van der Waals surface area contributed by atoms with Crippen LogP contribution in [0.15, 0.2) is 23.1 Å². The standard InChI is InChI=1S/C17H25N3O5S/c1-13-6-5-9-15(20(22)23)17(13)26(24,25)19-11-10-18-16(21)12-14-7-3-2-4-8-14/h5-6,9,14,19H,2-4,7-8,10-12H2,1H3,(H,18,21). The predicted octanol–water partition coefficient (Wildman–Crippen LogP) is 2.27. The van der Waals surface area contributed by atoms with Gasteiger partial charge in [0.05, 0.1) is 4.92 Å². The number of carbonyl (C=O) groups excluding carboxylic acids is 1. The molecule has 1 fully saturated rings. The zero-order valence-corrected chi connectivity index (χ0v) is 15.7. The Labute approximate surface area is 153 Å². The molecule has 2 rings (SSSR count). The SMILES string of the molecule is Cc1cccc([N+](=O)[O-])c1S(=O)(=O)NCCNC(=O)CC1CCCCC1. The zero-order chi connectivity index (χ0) is 19.2. The molecule has 0 atom stereocenters. The summed E-state index contributed by atoms with van der Waals surface area (Å²) in [6.45, 7) is 1.63. The molecule has 8 nitrogen and oxygen atoms in total. The van der Waals surface area contributed by atoms with Crippen molar-refractivity contribution in [3.63, 3.8) is 0 Å². The molecule has 0 radical (unpaired) electrons. The van der Waals surface area contributed by atoms with Gasteiger partial charge in [0.1, 0.15) is 0 Å². The zero-order valence-electron chi connectivity index (χ0n) is 14.9. The Kier molecular flexibility index (Phi) is 7.10. The second-order valence-electron chi connectivity index (χ2n) is 6.64. The van der Waals surface area contributed by atoms with Crippen molar-refractivity contribution in [2.75, 3.05) is 13.1 Å². The van der Waals surface area contributed by atoms with E-state index in [4.69, 9.17) is 0 Å². The van der Waals surface area contributed by atoms with E-state index in [0.717, 1.165) is 31.7 Å². The lowest BCUT2D eigenvalue weighted by molar-refractivity contribution is -0.387. The van der Waals surface area contributed by atoms with Crippen molar-refractivity contribution in [3.05, 3.63) is 33.9 Å². The lowest BCUT2D eigenvalue weighted by Gasteiger charge is -2.20. The van der Waals surface area contributed by atoms with Gasteiger partial charge in [0.25, 0.3) is 5.69 Å². The molecule has 1 amide bonds. The Hall–Kier alpha value is -2.00. The van der Waals surface area contributed by atoms with E-state index >= 15 is 0 Å². The van der Waals surface area contributed by atoms with E-state index in [9.17, 15) is 23.3 Å². The molecule has 1 aromatic carbocycles. The molecule has 0 unspecified atom stereocenters. The van der Waals surface area contributed by atoms with Crippen molar-refractivity contribution in [2.45, 2.75) is 50.3 Å². The number of nitrogens with zero attached hydrogens (tertiary/aromatic N) is 1. The van der Waals surface area contributed by atoms with Crippen LogP contribution in [0.3, 0.4) is 0 Å². The third-order valence-electron chi connectivity index (χ3n) is 4.59. The van der Waals surface area contributed by atoms with Crippen molar-refractivity contribution >= 4 is 21.6 Å². The summed E-state index contributed by atoms with van der Waals surface area (Å²) in [5.74, 6) is 0.327. The highest BCUT2D eigenvalue weighted by Gasteiger charge is 2.27. The van der Waals surface area contributed by atoms with Gasteiger partial charge >= 0.3 is 0 Å². The van der Waals surface area contributed by atoms with Crippen LogP contribution in [-0.4, -0.2) is 32.3 Å². The summed E-state index contributed by atoms with van der Waals surface area (Å²) in [4.78, 5) is 22.0. The number of sulfonamides is 1. The molecular weight excluding hydrogens is 358 g/mol. The minimum absolute atomic E-state index is 0.0236. The fraction of sp³-hybridized carbons (Fsp3) is 0.588. The van der Waals surface area contributed by atoms with E-state index in [0.29, 0.717) is 17.9 Å². The lowest BCUT2D eigenvalue weighted by atomic mass is 9.87. The van der Waals surface area contributed by atoms with Crippen LogP contribution in [0.1, 0.15) is 44.1 Å². The number of benzene rings is 1. The number of aryl methyl sites for hydroxylation is 1. The number of hydrogen-bond acceptors (Lipinski definition) is 5. The van der Waals surface area contributed by atoms with Gasteiger partial charge in [-0.1, -0.05) is 31.4 Å². The van der Waals surface area contributed by atoms with Crippen molar-refractivity contribution in [1.82, 2.24) is 10.0 Å². The van der Waals surface area contributed by atoms with E-state index in [1.54, 1.807) is 0 Å². The van der Waals surface area contributed by atoms with Gasteiger partial charge in [0.15, 0.2) is 4.90 Å². The molecule has 1 saturated carbocycles. The summed E-state index contributed by atoms with van der Waals surface area (Å²) >= 11 is 0. The first-order valence-corrected chi connectivity index (χ1v) is 10.3. The van der Waals surface area contributed by atoms with E-state index in [1.165, 1.54) is 25.5 Å². The van der Waals surface area contributed by atoms with Gasteiger partial charge in [0, 0.05) is 25.6 Å². The molecular formula is C17H25N3O5S. The summed E-state index contributed by atoms with van der Waals surface area (Å²) in [5, 5.41) is 13.8. The number of nitro benzene ring substituents is 1. The molecule has 1 aliphatic carbocycles. The highest BCUT2D eigenvalue weighted by Crippen LogP contribution is 2.27. The molecule has 0 heterocycles. The molecule has 9 heteroatoms. The van der Waals surface area contributed by atoms with E-state index < -0.39 is 20.6 Å². The molecule has 0 saturated heterocycles. The summed E-state index contributed by atoms with van der Waals surface area (Å²) in [6, 6.07) is 4.11. The molecule has 26 heavy (non-hydrogen) atoms. The summed E-state index contributed by atoms with van der Waals surface area (Å²) < 4.78 is 27.1. The van der Waals surface area contributed by atoms with Crippen LogP contribution < -0.4 is 10.0 Å². The number of nitro groups is 1. The maximum atomic E-state index is 12.4. The maximum Gasteiger partial charge on any atom is 0.289 e. The molecule has 0 aliphatic heterocycles. The van der Waals surface area contributed by atoms with Gasteiger partial charge in [-0.15, -0.1) is 0 Å². The van der Waals surface area contributed by atoms with Gasteiger partial charge in [0.2, 0.25) is 15.9 Å². The quantitative estimate of drug-likeness (QED) is 0.405. The number of hydrogen-bond donors (Lipinski definition) is 2. The van der Waals surface area contributed by atoms with Crippen LogP contribution in [0.4, 0.5) is 5.69 Å². The maximum absolute atomic E-state index is 12.4. The third-order valence-corrected chi connectivity index (χ3v) is 6.25. The molecule has 0 aromatic heterocycles. The fourth-order valence-corrected chi connectivity index (χ4v) is 4.74. The Morgan fingerprint density at radius 3 is 2.58 bits per heavy atom. The van der Waals surface area contributed by atoms with Crippen LogP contribution in [-0.2, 0) is 14.8 Å². The summed E-state index contributed by atoms with van der Waals surface area (Å²) in [7, 11) is -4.03. The summed E-state index contributed by atoms with van der Waals surface area (Å²) in [5.41, 5.74) is -0.160. The van der Waals surface area contributed by atoms with Gasteiger partial charge in [-0.25, -0.2) is 13.1 Å². The summed E-state index contributed by atoms with van der Waals surface area (Å²) in [6.07, 6.45) is 6.15. The fourth-order valence-electron chi connectivity index (χ4n) is 3.32. The van der Waals surface area contributed by atoms with Crippen molar-refractivity contribution in [2.24, 2.45) is 5.92 Å². The highest BCUT2D eigenvalue weighted by molar-refractivity contribution is 7.89. The third kappa shape index (κ3) is 5.50. The van der Waals surface area contributed by atoms with Crippen LogP contribution in [0, 0.1) is 23.0 Å². The molecule has 0 bridgehead atoms. The van der Waals surface area contributed by atoms with E-state index in [1.807, 2.05) is 0 Å². The monoisotopic (exact) mass is 383 g/mol. The topological polar surface area (TPSA) is 118 Å².